The molecule has 2 fully saturated rings. The average Bonchev–Trinajstić information content (AvgIpc) is 2.74. The summed E-state index contributed by atoms with van der Waals surface area (Å²) < 4.78 is 62.1. The third-order valence-corrected chi connectivity index (χ3v) is 5.03. The van der Waals surface area contributed by atoms with Gasteiger partial charge < -0.3 is 5.32 Å². The second kappa shape index (κ2) is 4.38. The van der Waals surface area contributed by atoms with E-state index in [9.17, 15) is 21.6 Å². The molecule has 0 saturated carbocycles. The fraction of sp³-hybridized carbons (Fsp3) is 1.00. The summed E-state index contributed by atoms with van der Waals surface area (Å²) in [5.41, 5.74) is 0. The molecule has 5 nitrogen and oxygen atoms in total. The zero-order valence-electron chi connectivity index (χ0n) is 9.07. The van der Waals surface area contributed by atoms with E-state index in [1.807, 2.05) is 0 Å². The second-order valence-electron chi connectivity index (χ2n) is 4.21. The van der Waals surface area contributed by atoms with E-state index < -0.39 is 22.9 Å². The van der Waals surface area contributed by atoms with Crippen LogP contribution in [-0.4, -0.2) is 62.0 Å². The molecular formula is C8H14F3N3O2S. The Hall–Kier alpha value is -0.380. The van der Waals surface area contributed by atoms with Crippen molar-refractivity contribution >= 4 is 10.2 Å². The Morgan fingerprint density at radius 1 is 1.29 bits per heavy atom. The fourth-order valence-electron chi connectivity index (χ4n) is 2.21. The summed E-state index contributed by atoms with van der Waals surface area (Å²) in [6.45, 7) is -0.121. The van der Waals surface area contributed by atoms with E-state index >= 15 is 0 Å². The van der Waals surface area contributed by atoms with Crippen LogP contribution in [0.5, 0.6) is 0 Å². The van der Waals surface area contributed by atoms with Gasteiger partial charge >= 0.3 is 6.18 Å². The van der Waals surface area contributed by atoms with Crippen LogP contribution in [0.25, 0.3) is 0 Å². The molecule has 2 aliphatic heterocycles. The van der Waals surface area contributed by atoms with Crippen LogP contribution in [0, 0.1) is 0 Å². The fourth-order valence-corrected chi connectivity index (χ4v) is 3.99. The van der Waals surface area contributed by atoms with E-state index in [1.54, 1.807) is 0 Å². The third-order valence-electron chi connectivity index (χ3n) is 2.99. The molecule has 0 aliphatic carbocycles. The molecule has 0 aromatic carbocycles. The largest absolute Gasteiger partial charge is 0.402 e. The Morgan fingerprint density at radius 3 is 2.53 bits per heavy atom. The van der Waals surface area contributed by atoms with Crippen molar-refractivity contribution in [3.8, 4) is 0 Å². The third kappa shape index (κ3) is 2.72. The molecule has 2 saturated heterocycles. The van der Waals surface area contributed by atoms with Crippen LogP contribution in [0.4, 0.5) is 13.2 Å². The lowest BCUT2D eigenvalue weighted by molar-refractivity contribution is -0.135. The van der Waals surface area contributed by atoms with Gasteiger partial charge in [0.25, 0.3) is 10.2 Å². The number of nitrogens with one attached hydrogen (secondary N) is 1. The van der Waals surface area contributed by atoms with Crippen molar-refractivity contribution in [1.82, 2.24) is 13.9 Å². The predicted molar refractivity (Wildman–Crippen MR) is 54.5 cm³/mol. The van der Waals surface area contributed by atoms with Crippen molar-refractivity contribution < 1.29 is 21.6 Å². The highest BCUT2D eigenvalue weighted by Gasteiger charge is 2.45. The molecule has 0 bridgehead atoms. The number of hydrogen-bond donors (Lipinski definition) is 1. The van der Waals surface area contributed by atoms with Crippen molar-refractivity contribution in [3.05, 3.63) is 0 Å². The minimum absolute atomic E-state index is 0.0850. The minimum atomic E-state index is -4.49. The molecule has 0 aromatic heterocycles. The van der Waals surface area contributed by atoms with Crippen LogP contribution in [0.3, 0.4) is 0 Å². The lowest BCUT2D eigenvalue weighted by Gasteiger charge is -2.23. The first-order valence-electron chi connectivity index (χ1n) is 5.35. The van der Waals surface area contributed by atoms with E-state index in [2.05, 4.69) is 5.32 Å². The molecule has 1 N–H and O–H groups in total. The highest BCUT2D eigenvalue weighted by Crippen LogP contribution is 2.26. The molecule has 2 heterocycles. The van der Waals surface area contributed by atoms with Gasteiger partial charge in [-0.2, -0.15) is 30.2 Å². The van der Waals surface area contributed by atoms with Crippen molar-refractivity contribution in [2.45, 2.75) is 18.6 Å². The summed E-state index contributed by atoms with van der Waals surface area (Å²) in [4.78, 5) is 0. The second-order valence-corrected chi connectivity index (χ2v) is 6.09. The van der Waals surface area contributed by atoms with Gasteiger partial charge in [0.2, 0.25) is 0 Å². The molecule has 9 heteroatoms. The highest BCUT2D eigenvalue weighted by molar-refractivity contribution is 7.87. The Labute approximate surface area is 97.7 Å². The van der Waals surface area contributed by atoms with Crippen LogP contribution in [0.2, 0.25) is 0 Å². The van der Waals surface area contributed by atoms with Gasteiger partial charge in [0.05, 0.1) is 0 Å². The lowest BCUT2D eigenvalue weighted by atomic mass is 10.2. The Kier molecular flexibility index (Phi) is 3.36. The number of hydrogen-bond acceptors (Lipinski definition) is 3. The predicted octanol–water partition coefficient (Wildman–Crippen LogP) is -0.227. The Morgan fingerprint density at radius 2 is 2.00 bits per heavy atom. The maximum Gasteiger partial charge on any atom is 0.402 e. The number of halogens is 3. The molecule has 100 valence electrons. The Balaban J connectivity index is 2.09. The quantitative estimate of drug-likeness (QED) is 0.756. The van der Waals surface area contributed by atoms with E-state index in [0.717, 1.165) is 0 Å². The molecule has 0 aromatic rings. The van der Waals surface area contributed by atoms with Crippen LogP contribution in [0.1, 0.15) is 6.42 Å². The molecular weight excluding hydrogens is 259 g/mol. The van der Waals surface area contributed by atoms with E-state index in [4.69, 9.17) is 0 Å². The van der Waals surface area contributed by atoms with Gasteiger partial charge in [0.15, 0.2) is 0 Å². The lowest BCUT2D eigenvalue weighted by Crippen LogP contribution is -2.43. The molecule has 0 amide bonds. The molecule has 0 spiro atoms. The van der Waals surface area contributed by atoms with Gasteiger partial charge in [-0.25, -0.2) is 0 Å². The van der Waals surface area contributed by atoms with Crippen molar-refractivity contribution in [3.63, 3.8) is 0 Å². The molecule has 0 unspecified atom stereocenters. The van der Waals surface area contributed by atoms with Gasteiger partial charge in [-0.1, -0.05) is 0 Å². The zero-order chi connectivity index (χ0) is 12.7. The molecule has 17 heavy (non-hydrogen) atoms. The van der Waals surface area contributed by atoms with Crippen molar-refractivity contribution in [2.75, 3.05) is 32.7 Å². The summed E-state index contributed by atoms with van der Waals surface area (Å²) in [6.07, 6.45) is -3.84. The first-order valence-corrected chi connectivity index (χ1v) is 6.75. The summed E-state index contributed by atoms with van der Waals surface area (Å²) in [7, 11) is -3.94. The molecule has 1 atom stereocenters. The number of nitrogens with zero attached hydrogens (tertiary/aromatic N) is 2. The number of rotatable bonds is 2. The normalized spacial score (nSPS) is 31.1. The van der Waals surface area contributed by atoms with E-state index in [-0.39, 0.29) is 19.1 Å². The highest BCUT2D eigenvalue weighted by atomic mass is 32.2. The average molecular weight is 273 g/mol. The molecule has 2 rings (SSSR count). The van der Waals surface area contributed by atoms with Gasteiger partial charge in [-0.15, -0.1) is 0 Å². The van der Waals surface area contributed by atoms with Crippen molar-refractivity contribution in [2.24, 2.45) is 0 Å². The van der Waals surface area contributed by atoms with Crippen molar-refractivity contribution in [1.29, 1.82) is 0 Å². The topological polar surface area (TPSA) is 52.7 Å². The summed E-state index contributed by atoms with van der Waals surface area (Å²) >= 11 is 0. The van der Waals surface area contributed by atoms with Crippen LogP contribution in [0.15, 0.2) is 0 Å². The van der Waals surface area contributed by atoms with E-state index in [1.165, 1.54) is 4.31 Å². The molecule has 2 aliphatic rings. The van der Waals surface area contributed by atoms with Crippen LogP contribution >= 0.6 is 0 Å². The smallest absolute Gasteiger partial charge is 0.315 e. The maximum atomic E-state index is 12.2. The van der Waals surface area contributed by atoms with Crippen LogP contribution < -0.4 is 5.32 Å². The van der Waals surface area contributed by atoms with Gasteiger partial charge in [-0.05, 0) is 13.0 Å². The molecule has 0 radical (unpaired) electrons. The first-order chi connectivity index (χ1) is 7.81. The number of alkyl halides is 3. The Bertz CT molecular complexity index is 378. The summed E-state index contributed by atoms with van der Waals surface area (Å²) in [6, 6.07) is -0.210. The summed E-state index contributed by atoms with van der Waals surface area (Å²) in [5, 5.41) is 3.00. The SMILES string of the molecule is O=S1(=O)N(CC(F)(F)F)CCN1[C@@H]1CCNC1. The minimum Gasteiger partial charge on any atom is -0.315 e. The van der Waals surface area contributed by atoms with Gasteiger partial charge in [0, 0.05) is 25.7 Å². The summed E-state index contributed by atoms with van der Waals surface area (Å²) in [5.74, 6) is 0. The van der Waals surface area contributed by atoms with Gasteiger partial charge in [0.1, 0.15) is 6.54 Å². The maximum absolute atomic E-state index is 12.2. The van der Waals surface area contributed by atoms with Gasteiger partial charge in [-0.3, -0.25) is 0 Å². The zero-order valence-corrected chi connectivity index (χ0v) is 9.89. The standard InChI is InChI=1S/C8H14F3N3O2S/c9-8(10,11)6-13-3-4-14(17(13,15)16)7-1-2-12-5-7/h7,12H,1-6H2/t7-/m1/s1. The first kappa shape index (κ1) is 13.1. The van der Waals surface area contributed by atoms with E-state index in [0.29, 0.717) is 23.8 Å². The monoisotopic (exact) mass is 273 g/mol. The van der Waals surface area contributed by atoms with Crippen LogP contribution in [-0.2, 0) is 10.2 Å².